The van der Waals surface area contributed by atoms with Gasteiger partial charge in [-0.15, -0.1) is 0 Å². The lowest BCUT2D eigenvalue weighted by Crippen LogP contribution is -2.71. The highest BCUT2D eigenvalue weighted by Crippen LogP contribution is 2.46. The molecule has 8 nitrogen and oxygen atoms in total. The van der Waals surface area contributed by atoms with E-state index in [0.29, 0.717) is 22.0 Å². The molecule has 9 heteroatoms. The Morgan fingerprint density at radius 1 is 0.860 bits per heavy atom. The van der Waals surface area contributed by atoms with Gasteiger partial charge in [0.05, 0.1) is 11.1 Å². The first-order valence-electron chi connectivity index (χ1n) is 15.3. The van der Waals surface area contributed by atoms with E-state index in [4.69, 9.17) is 11.6 Å². The Bertz CT molecular complexity index is 1570. The number of nitrogens with zero attached hydrogens (tertiary/aromatic N) is 3. The Labute approximate surface area is 257 Å². The molecule has 1 spiro atoms. The van der Waals surface area contributed by atoms with Crippen molar-refractivity contribution in [1.29, 1.82) is 0 Å². The summed E-state index contributed by atoms with van der Waals surface area (Å²) in [5, 5.41) is 3.02. The van der Waals surface area contributed by atoms with Crippen LogP contribution in [0.4, 0.5) is 0 Å². The highest BCUT2D eigenvalue weighted by atomic mass is 35.5. The molecule has 1 unspecified atom stereocenters. The zero-order chi connectivity index (χ0) is 30.1. The first kappa shape index (κ1) is 28.4. The number of imide groups is 2. The van der Waals surface area contributed by atoms with E-state index in [-0.39, 0.29) is 18.7 Å². The van der Waals surface area contributed by atoms with Crippen molar-refractivity contribution in [3.63, 3.8) is 0 Å². The third-order valence-electron chi connectivity index (χ3n) is 9.94. The van der Waals surface area contributed by atoms with Crippen LogP contribution in [0.15, 0.2) is 48.0 Å². The molecule has 4 heterocycles. The summed E-state index contributed by atoms with van der Waals surface area (Å²) in [6, 6.07) is 12.8. The molecule has 1 aliphatic carbocycles. The number of piperidine rings is 1. The summed E-state index contributed by atoms with van der Waals surface area (Å²) >= 11 is 6.18. The number of halogens is 1. The van der Waals surface area contributed by atoms with Gasteiger partial charge in [0.2, 0.25) is 11.8 Å². The van der Waals surface area contributed by atoms with Gasteiger partial charge >= 0.3 is 0 Å². The minimum absolute atomic E-state index is 0.114. The van der Waals surface area contributed by atoms with Crippen LogP contribution in [-0.4, -0.2) is 77.1 Å². The van der Waals surface area contributed by atoms with Gasteiger partial charge < -0.3 is 0 Å². The number of hydrogen-bond donors (Lipinski definition) is 1. The number of carbonyl (C=O) groups is 4. The van der Waals surface area contributed by atoms with Crippen molar-refractivity contribution in [2.24, 2.45) is 10.8 Å². The smallest absolute Gasteiger partial charge is 0.262 e. The lowest BCUT2D eigenvalue weighted by molar-refractivity contribution is -0.136. The van der Waals surface area contributed by atoms with Gasteiger partial charge in [0.1, 0.15) is 6.04 Å². The maximum atomic E-state index is 13.2. The van der Waals surface area contributed by atoms with E-state index in [0.717, 1.165) is 67.6 Å². The molecule has 4 amide bonds. The molecule has 3 fully saturated rings. The maximum Gasteiger partial charge on any atom is 0.262 e. The number of likely N-dealkylation sites (tertiary alicyclic amines) is 2. The monoisotopic (exact) mass is 600 g/mol. The number of rotatable bonds is 6. The zero-order valence-electron chi connectivity index (χ0n) is 24.7. The Balaban J connectivity index is 0.959. The summed E-state index contributed by atoms with van der Waals surface area (Å²) in [6.45, 7) is 10.7. The predicted molar refractivity (Wildman–Crippen MR) is 163 cm³/mol. The van der Waals surface area contributed by atoms with Crippen molar-refractivity contribution >= 4 is 40.8 Å². The molecule has 3 saturated heterocycles. The number of nitrogens with one attached hydrogen (secondary N) is 1. The Morgan fingerprint density at radius 2 is 1.53 bits per heavy atom. The second-order valence-electron chi connectivity index (χ2n) is 14.0. The molecule has 224 valence electrons. The summed E-state index contributed by atoms with van der Waals surface area (Å²) in [6.07, 6.45) is 3.72. The number of fused-ring (bicyclic) bond motifs is 1. The van der Waals surface area contributed by atoms with Crippen LogP contribution in [0.25, 0.3) is 5.57 Å². The molecule has 2 aromatic rings. The first-order valence-corrected chi connectivity index (χ1v) is 15.6. The van der Waals surface area contributed by atoms with Crippen molar-refractivity contribution in [1.82, 2.24) is 20.0 Å². The fourth-order valence-corrected chi connectivity index (χ4v) is 7.96. The molecule has 0 saturated carbocycles. The Kier molecular flexibility index (Phi) is 6.87. The number of benzene rings is 2. The highest BCUT2D eigenvalue weighted by molar-refractivity contribution is 6.30. The van der Waals surface area contributed by atoms with Gasteiger partial charge in [0.15, 0.2) is 0 Å². The summed E-state index contributed by atoms with van der Waals surface area (Å²) < 4.78 is 0. The van der Waals surface area contributed by atoms with E-state index in [1.165, 1.54) is 17.6 Å². The normalized spacial score (nSPS) is 25.1. The molecule has 0 bridgehead atoms. The SMILES string of the molecule is CC1(C)CCC(CN2CC3(C2)CN(Cc2ccc4c(c2)C(=O)N(C2CCC(=O)NC2=O)C4=O)C3)=C(c2ccc(Cl)cc2)C1. The van der Waals surface area contributed by atoms with Crippen LogP contribution < -0.4 is 5.32 Å². The summed E-state index contributed by atoms with van der Waals surface area (Å²) in [4.78, 5) is 56.1. The summed E-state index contributed by atoms with van der Waals surface area (Å²) in [5.74, 6) is -1.88. The molecular weight excluding hydrogens is 564 g/mol. The van der Waals surface area contributed by atoms with Gasteiger partial charge in [0, 0.05) is 56.1 Å². The molecule has 0 radical (unpaired) electrons. The van der Waals surface area contributed by atoms with Crippen LogP contribution in [0.5, 0.6) is 0 Å². The van der Waals surface area contributed by atoms with E-state index < -0.39 is 23.8 Å². The van der Waals surface area contributed by atoms with Crippen molar-refractivity contribution in [3.8, 4) is 0 Å². The van der Waals surface area contributed by atoms with Crippen molar-refractivity contribution in [2.75, 3.05) is 32.7 Å². The number of carbonyl (C=O) groups excluding carboxylic acids is 4. The predicted octanol–water partition coefficient (Wildman–Crippen LogP) is 4.52. The van der Waals surface area contributed by atoms with Crippen LogP contribution in [0.2, 0.25) is 5.02 Å². The third kappa shape index (κ3) is 5.23. The van der Waals surface area contributed by atoms with Crippen LogP contribution in [0.1, 0.15) is 77.8 Å². The van der Waals surface area contributed by atoms with Gasteiger partial charge in [-0.05, 0) is 72.1 Å². The van der Waals surface area contributed by atoms with Crippen molar-refractivity contribution < 1.29 is 19.2 Å². The van der Waals surface area contributed by atoms with Gasteiger partial charge in [0.25, 0.3) is 11.8 Å². The van der Waals surface area contributed by atoms with Gasteiger partial charge in [-0.2, -0.15) is 0 Å². The van der Waals surface area contributed by atoms with Gasteiger partial charge in [-0.3, -0.25) is 39.2 Å². The highest BCUT2D eigenvalue weighted by Gasteiger charge is 2.51. The average molecular weight is 601 g/mol. The minimum atomic E-state index is -0.941. The van der Waals surface area contributed by atoms with E-state index >= 15 is 0 Å². The van der Waals surface area contributed by atoms with Crippen LogP contribution in [0.3, 0.4) is 0 Å². The van der Waals surface area contributed by atoms with Crippen LogP contribution in [-0.2, 0) is 16.1 Å². The summed E-state index contributed by atoms with van der Waals surface area (Å²) in [5.41, 5.74) is 6.65. The van der Waals surface area contributed by atoms with Crippen molar-refractivity contribution in [3.05, 3.63) is 75.3 Å². The largest absolute Gasteiger partial charge is 0.298 e. The molecule has 5 aliphatic rings. The molecule has 2 aromatic carbocycles. The van der Waals surface area contributed by atoms with E-state index in [1.54, 1.807) is 17.7 Å². The molecule has 1 N–H and O–H groups in total. The second-order valence-corrected chi connectivity index (χ2v) is 14.5. The molecule has 43 heavy (non-hydrogen) atoms. The van der Waals surface area contributed by atoms with E-state index in [2.05, 4.69) is 41.1 Å². The topological polar surface area (TPSA) is 90.0 Å². The molecular formula is C34H37ClN4O4. The fourth-order valence-electron chi connectivity index (χ4n) is 7.84. The molecule has 0 aromatic heterocycles. The molecule has 7 rings (SSSR count). The summed E-state index contributed by atoms with van der Waals surface area (Å²) in [7, 11) is 0. The number of hydrogen-bond acceptors (Lipinski definition) is 6. The standard InChI is InChI=1S/C34H37ClN4O4/c1-33(2)12-11-23(27(14-33)22-4-6-24(35)7-5-22)16-38-19-34(20-38)17-37(18-34)15-21-3-8-25-26(13-21)32(43)39(31(25)42)28-9-10-29(40)36-30(28)41/h3-8,13,28H,9-12,14-20H2,1-2H3,(H,36,40,41). The minimum Gasteiger partial charge on any atom is -0.298 e. The lowest BCUT2D eigenvalue weighted by atomic mass is 9.70. The average Bonchev–Trinajstić information content (AvgIpc) is 3.16. The quantitative estimate of drug-likeness (QED) is 0.491. The Hall–Kier alpha value is -3.33. The van der Waals surface area contributed by atoms with E-state index in [1.807, 2.05) is 18.2 Å². The first-order chi connectivity index (χ1) is 20.5. The van der Waals surface area contributed by atoms with E-state index in [9.17, 15) is 19.2 Å². The lowest BCUT2D eigenvalue weighted by Gasteiger charge is -2.61. The maximum absolute atomic E-state index is 13.2. The molecule has 1 atom stereocenters. The fraction of sp³-hybridized carbons (Fsp3) is 0.471. The third-order valence-corrected chi connectivity index (χ3v) is 10.2. The van der Waals surface area contributed by atoms with Crippen molar-refractivity contribution in [2.45, 2.75) is 58.5 Å². The van der Waals surface area contributed by atoms with Crippen LogP contribution >= 0.6 is 11.6 Å². The van der Waals surface area contributed by atoms with Crippen LogP contribution in [0, 0.1) is 10.8 Å². The molecule has 4 aliphatic heterocycles. The second kappa shape index (κ2) is 10.4. The number of amides is 4. The van der Waals surface area contributed by atoms with Gasteiger partial charge in [-0.25, -0.2) is 0 Å². The van der Waals surface area contributed by atoms with Gasteiger partial charge in [-0.1, -0.05) is 49.2 Å². The Morgan fingerprint density at radius 3 is 2.23 bits per heavy atom. The zero-order valence-corrected chi connectivity index (χ0v) is 25.5. The number of allylic oxidation sites excluding steroid dienone is 1.